The lowest BCUT2D eigenvalue weighted by molar-refractivity contribution is -0.123. The molecule has 0 aromatic heterocycles. The maximum Gasteiger partial charge on any atom is 0.238 e. The summed E-state index contributed by atoms with van der Waals surface area (Å²) < 4.78 is 0. The minimum Gasteiger partial charge on any atom is -0.294 e. The van der Waals surface area contributed by atoms with Crippen molar-refractivity contribution in [3.8, 4) is 0 Å². The molecule has 0 unspecified atom stereocenters. The number of imide groups is 1. The molecule has 1 saturated heterocycles. The summed E-state index contributed by atoms with van der Waals surface area (Å²) in [5, 5.41) is 0. The van der Waals surface area contributed by atoms with Gasteiger partial charge in [-0.25, -0.2) is 4.90 Å². The van der Waals surface area contributed by atoms with Crippen molar-refractivity contribution < 1.29 is 14.4 Å². The van der Waals surface area contributed by atoms with E-state index in [9.17, 15) is 14.4 Å². The van der Waals surface area contributed by atoms with E-state index < -0.39 is 0 Å². The smallest absolute Gasteiger partial charge is 0.238 e. The Kier molecular flexibility index (Phi) is 2.46. The number of amides is 2. The lowest BCUT2D eigenvalue weighted by Gasteiger charge is -2.19. The Hall–Kier alpha value is -2.23. The normalized spacial score (nSPS) is 32.9. The van der Waals surface area contributed by atoms with Crippen molar-refractivity contribution in [3.63, 3.8) is 0 Å². The topological polar surface area (TPSA) is 54.5 Å². The molecular weight excluding hydrogens is 266 g/mol. The first-order chi connectivity index (χ1) is 10.1. The van der Waals surface area contributed by atoms with E-state index in [1.807, 2.05) is 0 Å². The summed E-state index contributed by atoms with van der Waals surface area (Å²) >= 11 is 0. The van der Waals surface area contributed by atoms with E-state index in [0.29, 0.717) is 11.3 Å². The van der Waals surface area contributed by atoms with Gasteiger partial charge in [0.15, 0.2) is 5.78 Å². The quantitative estimate of drug-likeness (QED) is 0.474. The van der Waals surface area contributed by atoms with E-state index in [1.165, 1.54) is 11.8 Å². The molecule has 1 aliphatic heterocycles. The zero-order valence-corrected chi connectivity index (χ0v) is 11.7. The largest absolute Gasteiger partial charge is 0.294 e. The average molecular weight is 281 g/mol. The number of hydrogen-bond donors (Lipinski definition) is 0. The summed E-state index contributed by atoms with van der Waals surface area (Å²) in [4.78, 5) is 38.5. The molecule has 2 fully saturated rings. The Morgan fingerprint density at radius 3 is 2.19 bits per heavy atom. The van der Waals surface area contributed by atoms with Crippen LogP contribution >= 0.6 is 0 Å². The molecule has 4 heteroatoms. The number of fused-ring (bicyclic) bond motifs is 5. The highest BCUT2D eigenvalue weighted by Gasteiger charge is 2.59. The predicted octanol–water partition coefficient (Wildman–Crippen LogP) is 2.20. The maximum atomic E-state index is 12.7. The summed E-state index contributed by atoms with van der Waals surface area (Å²) in [6, 6.07) is 6.85. The van der Waals surface area contributed by atoms with Crippen LogP contribution in [-0.2, 0) is 9.59 Å². The Bertz CT molecular complexity index is 676. The Morgan fingerprint density at radius 1 is 1.05 bits per heavy atom. The van der Waals surface area contributed by atoms with Gasteiger partial charge in [0.2, 0.25) is 11.8 Å². The van der Waals surface area contributed by atoms with E-state index in [0.717, 1.165) is 6.42 Å². The zero-order valence-electron chi connectivity index (χ0n) is 11.7. The standard InChI is InChI=1S/C17H15NO3/c1-9(19)12-4-2-3-5-13(12)18-16(20)14-10-6-7-11(8-10)15(14)17(18)21/h2-7,10-11,14-15H,8H2,1H3/t10-,11-,14+,15+/m0/s1. The second-order valence-electron chi connectivity index (χ2n) is 6.09. The number of anilines is 1. The van der Waals surface area contributed by atoms with E-state index in [-0.39, 0.29) is 41.3 Å². The number of rotatable bonds is 2. The molecule has 0 N–H and O–H groups in total. The lowest BCUT2D eigenvalue weighted by Crippen LogP contribution is -2.34. The molecule has 3 aliphatic rings. The first-order valence-electron chi connectivity index (χ1n) is 7.25. The third kappa shape index (κ3) is 1.53. The van der Waals surface area contributed by atoms with Gasteiger partial charge in [-0.3, -0.25) is 14.4 Å². The molecule has 1 heterocycles. The number of Topliss-reactive ketones (excluding diaryl/α,β-unsaturated/α-hetero) is 1. The van der Waals surface area contributed by atoms with Gasteiger partial charge < -0.3 is 0 Å². The molecule has 1 aromatic carbocycles. The minimum atomic E-state index is -0.229. The van der Waals surface area contributed by atoms with Crippen LogP contribution in [0.5, 0.6) is 0 Å². The number of allylic oxidation sites excluding steroid dienone is 2. The molecule has 0 spiro atoms. The zero-order chi connectivity index (χ0) is 14.7. The van der Waals surface area contributed by atoms with E-state index in [4.69, 9.17) is 0 Å². The highest BCUT2D eigenvalue weighted by atomic mass is 16.2. The number of ketones is 1. The molecule has 2 amide bonds. The number of benzene rings is 1. The van der Waals surface area contributed by atoms with Gasteiger partial charge in [0.05, 0.1) is 17.5 Å². The van der Waals surface area contributed by atoms with Gasteiger partial charge in [0.25, 0.3) is 0 Å². The lowest BCUT2D eigenvalue weighted by atomic mass is 9.85. The van der Waals surface area contributed by atoms with Gasteiger partial charge >= 0.3 is 0 Å². The van der Waals surface area contributed by atoms with E-state index in [1.54, 1.807) is 24.3 Å². The van der Waals surface area contributed by atoms with Crippen LogP contribution in [0.1, 0.15) is 23.7 Å². The van der Waals surface area contributed by atoms with Crippen molar-refractivity contribution in [2.45, 2.75) is 13.3 Å². The van der Waals surface area contributed by atoms with Crippen LogP contribution in [0, 0.1) is 23.7 Å². The van der Waals surface area contributed by atoms with Crippen LogP contribution in [-0.4, -0.2) is 17.6 Å². The van der Waals surface area contributed by atoms with Crippen molar-refractivity contribution in [2.75, 3.05) is 4.90 Å². The molecule has 2 bridgehead atoms. The fourth-order valence-corrected chi connectivity index (χ4v) is 4.11. The van der Waals surface area contributed by atoms with Crippen LogP contribution in [0.3, 0.4) is 0 Å². The van der Waals surface area contributed by atoms with Crippen molar-refractivity contribution in [2.24, 2.45) is 23.7 Å². The molecule has 0 radical (unpaired) electrons. The summed E-state index contributed by atoms with van der Waals surface area (Å²) in [6.45, 7) is 1.45. The molecule has 2 aliphatic carbocycles. The van der Waals surface area contributed by atoms with Crippen molar-refractivity contribution >= 4 is 23.3 Å². The number of para-hydroxylation sites is 1. The van der Waals surface area contributed by atoms with Gasteiger partial charge in [-0.1, -0.05) is 24.3 Å². The van der Waals surface area contributed by atoms with Crippen LogP contribution < -0.4 is 4.90 Å². The summed E-state index contributed by atoms with van der Waals surface area (Å²) in [6.07, 6.45) is 5.05. The first kappa shape index (κ1) is 12.5. The van der Waals surface area contributed by atoms with Gasteiger partial charge in [-0.2, -0.15) is 0 Å². The molecule has 1 aromatic rings. The van der Waals surface area contributed by atoms with Crippen molar-refractivity contribution in [1.29, 1.82) is 0 Å². The highest BCUT2D eigenvalue weighted by molar-refractivity contribution is 6.24. The fraction of sp³-hybridized carbons (Fsp3) is 0.353. The monoisotopic (exact) mass is 281 g/mol. The SMILES string of the molecule is CC(=O)c1ccccc1N1C(=O)[C@H]2[C@H](C1=O)[C@H]1C=C[C@H]2C1. The summed E-state index contributed by atoms with van der Waals surface area (Å²) in [5.74, 6) is -0.507. The average Bonchev–Trinajstić information content (AvgIpc) is 3.13. The highest BCUT2D eigenvalue weighted by Crippen LogP contribution is 2.53. The van der Waals surface area contributed by atoms with Crippen LogP contribution in [0.25, 0.3) is 0 Å². The maximum absolute atomic E-state index is 12.7. The number of hydrogen-bond acceptors (Lipinski definition) is 3. The number of carbonyl (C=O) groups excluding carboxylic acids is 3. The molecule has 21 heavy (non-hydrogen) atoms. The van der Waals surface area contributed by atoms with Gasteiger partial charge in [-0.05, 0) is 37.3 Å². The molecule has 106 valence electrons. The van der Waals surface area contributed by atoms with E-state index >= 15 is 0 Å². The number of carbonyl (C=O) groups is 3. The third-order valence-electron chi connectivity index (χ3n) is 4.99. The molecule has 4 nitrogen and oxygen atoms in total. The van der Waals surface area contributed by atoms with Crippen LogP contribution in [0.4, 0.5) is 5.69 Å². The van der Waals surface area contributed by atoms with Gasteiger partial charge in [0.1, 0.15) is 0 Å². The number of nitrogens with zero attached hydrogens (tertiary/aromatic N) is 1. The second-order valence-corrected chi connectivity index (χ2v) is 6.09. The Morgan fingerprint density at radius 2 is 1.62 bits per heavy atom. The van der Waals surface area contributed by atoms with Crippen LogP contribution in [0.15, 0.2) is 36.4 Å². The van der Waals surface area contributed by atoms with Gasteiger partial charge in [-0.15, -0.1) is 0 Å². The van der Waals surface area contributed by atoms with E-state index in [2.05, 4.69) is 12.2 Å². The third-order valence-corrected chi connectivity index (χ3v) is 4.99. The summed E-state index contributed by atoms with van der Waals surface area (Å²) in [5.41, 5.74) is 0.869. The molecule has 1 saturated carbocycles. The first-order valence-corrected chi connectivity index (χ1v) is 7.25. The second kappa shape index (κ2) is 4.13. The molecule has 4 atom stereocenters. The van der Waals surface area contributed by atoms with Gasteiger partial charge in [0, 0.05) is 5.56 Å². The molecule has 4 rings (SSSR count). The van der Waals surface area contributed by atoms with Crippen LogP contribution in [0.2, 0.25) is 0 Å². The Labute approximate surface area is 122 Å². The van der Waals surface area contributed by atoms with Crippen molar-refractivity contribution in [1.82, 2.24) is 0 Å². The summed E-state index contributed by atoms with van der Waals surface area (Å²) in [7, 11) is 0. The fourth-order valence-electron chi connectivity index (χ4n) is 4.11. The predicted molar refractivity (Wildman–Crippen MR) is 76.7 cm³/mol. The minimum absolute atomic E-state index is 0.135. The Balaban J connectivity index is 1.80. The van der Waals surface area contributed by atoms with Crippen molar-refractivity contribution in [3.05, 3.63) is 42.0 Å². The molecular formula is C17H15NO3.